The third-order valence-electron chi connectivity index (χ3n) is 5.51. The van der Waals surface area contributed by atoms with Gasteiger partial charge in [-0.2, -0.15) is 0 Å². The van der Waals surface area contributed by atoms with Gasteiger partial charge in [-0.15, -0.1) is 24.0 Å². The molecular formula is C17H33IN6. The van der Waals surface area contributed by atoms with Crippen molar-refractivity contribution in [3.63, 3.8) is 0 Å². The van der Waals surface area contributed by atoms with Gasteiger partial charge < -0.3 is 15.1 Å². The van der Waals surface area contributed by atoms with E-state index in [2.05, 4.69) is 56.2 Å². The molecule has 3 rings (SSSR count). The molecule has 0 aromatic rings. The second kappa shape index (κ2) is 9.35. The maximum Gasteiger partial charge on any atom is 0.193 e. The molecular weight excluding hydrogens is 415 g/mol. The standard InChI is InChI=1S/C17H32N6.HI/c1-18-17(19-12-16-13-20(2)10-11-21(16)3)23-9-6-15(14-23)22-7-4-5-8-22;/h4-5,15-16H,6-14H2,1-3H3,(H,18,19);1H. The maximum atomic E-state index is 4.52. The van der Waals surface area contributed by atoms with Crippen LogP contribution in [0, 0.1) is 0 Å². The van der Waals surface area contributed by atoms with Crippen molar-refractivity contribution >= 4 is 29.9 Å². The van der Waals surface area contributed by atoms with Crippen LogP contribution in [0.2, 0.25) is 0 Å². The molecule has 2 unspecified atom stereocenters. The summed E-state index contributed by atoms with van der Waals surface area (Å²) in [6, 6.07) is 1.23. The Bertz CT molecular complexity index is 446. The average molecular weight is 448 g/mol. The van der Waals surface area contributed by atoms with E-state index in [1.54, 1.807) is 0 Å². The lowest BCUT2D eigenvalue weighted by molar-refractivity contribution is 0.116. The third kappa shape index (κ3) is 4.83. The molecule has 1 N–H and O–H groups in total. The smallest absolute Gasteiger partial charge is 0.193 e. The summed E-state index contributed by atoms with van der Waals surface area (Å²) in [6.45, 7) is 8.85. The summed E-state index contributed by atoms with van der Waals surface area (Å²) in [4.78, 5) is 14.4. The number of aliphatic imine (C=N–C) groups is 1. The molecule has 0 bridgehead atoms. The van der Waals surface area contributed by atoms with Gasteiger partial charge >= 0.3 is 0 Å². The molecule has 0 saturated carbocycles. The number of halogens is 1. The Labute approximate surface area is 163 Å². The largest absolute Gasteiger partial charge is 0.355 e. The number of nitrogens with one attached hydrogen (secondary N) is 1. The lowest BCUT2D eigenvalue weighted by atomic mass is 10.2. The number of rotatable bonds is 3. The summed E-state index contributed by atoms with van der Waals surface area (Å²) in [7, 11) is 6.35. The van der Waals surface area contributed by atoms with E-state index in [9.17, 15) is 0 Å². The fraction of sp³-hybridized carbons (Fsp3) is 0.824. The van der Waals surface area contributed by atoms with Gasteiger partial charge in [-0.3, -0.25) is 14.8 Å². The zero-order valence-electron chi connectivity index (χ0n) is 15.3. The minimum atomic E-state index is 0. The van der Waals surface area contributed by atoms with Gasteiger partial charge in [-0.05, 0) is 20.5 Å². The first kappa shape index (κ1) is 19.9. The van der Waals surface area contributed by atoms with E-state index in [0.29, 0.717) is 12.1 Å². The number of nitrogens with zero attached hydrogens (tertiary/aromatic N) is 5. The van der Waals surface area contributed by atoms with E-state index in [1.807, 2.05) is 7.05 Å². The van der Waals surface area contributed by atoms with Crippen molar-refractivity contribution in [3.8, 4) is 0 Å². The van der Waals surface area contributed by atoms with Crippen LogP contribution in [0.3, 0.4) is 0 Å². The molecule has 3 aliphatic rings. The van der Waals surface area contributed by atoms with Gasteiger partial charge in [0.05, 0.1) is 0 Å². The van der Waals surface area contributed by atoms with Gasteiger partial charge in [0.2, 0.25) is 0 Å². The van der Waals surface area contributed by atoms with Gasteiger partial charge in [0, 0.05) is 71.5 Å². The minimum absolute atomic E-state index is 0. The molecule has 3 heterocycles. The number of hydrogen-bond donors (Lipinski definition) is 1. The normalized spacial score (nSPS) is 30.0. The Morgan fingerprint density at radius 1 is 1.12 bits per heavy atom. The van der Waals surface area contributed by atoms with E-state index >= 15 is 0 Å². The summed E-state index contributed by atoms with van der Waals surface area (Å²) in [5, 5.41) is 3.62. The van der Waals surface area contributed by atoms with Crippen molar-refractivity contribution in [1.82, 2.24) is 24.9 Å². The fourth-order valence-electron chi connectivity index (χ4n) is 3.89. The van der Waals surface area contributed by atoms with E-state index in [1.165, 1.54) is 13.0 Å². The van der Waals surface area contributed by atoms with E-state index in [0.717, 1.165) is 51.8 Å². The highest BCUT2D eigenvalue weighted by Gasteiger charge is 2.30. The number of guanidine groups is 1. The van der Waals surface area contributed by atoms with Crippen LogP contribution < -0.4 is 5.32 Å². The maximum absolute atomic E-state index is 4.52. The SMILES string of the molecule is CN=C(NCC1CN(C)CCN1C)N1CCC(N2CC=CC2)C1.I. The lowest BCUT2D eigenvalue weighted by Gasteiger charge is -2.38. The monoisotopic (exact) mass is 448 g/mol. The van der Waals surface area contributed by atoms with Crippen molar-refractivity contribution in [1.29, 1.82) is 0 Å². The van der Waals surface area contributed by atoms with Crippen LogP contribution in [0.15, 0.2) is 17.1 Å². The van der Waals surface area contributed by atoms with Crippen LogP contribution in [0.1, 0.15) is 6.42 Å². The Hall–Kier alpha value is -0.380. The molecule has 2 saturated heterocycles. The van der Waals surface area contributed by atoms with Gasteiger partial charge in [0.25, 0.3) is 0 Å². The molecule has 3 aliphatic heterocycles. The molecule has 0 amide bonds. The molecule has 7 heteroatoms. The van der Waals surface area contributed by atoms with Crippen molar-refractivity contribution in [2.75, 3.05) is 73.5 Å². The number of likely N-dealkylation sites (N-methyl/N-ethyl adjacent to an activating group) is 2. The van der Waals surface area contributed by atoms with Gasteiger partial charge in [-0.1, -0.05) is 12.2 Å². The van der Waals surface area contributed by atoms with Crippen LogP contribution in [0.5, 0.6) is 0 Å². The van der Waals surface area contributed by atoms with Gasteiger partial charge in [-0.25, -0.2) is 0 Å². The van der Waals surface area contributed by atoms with Gasteiger partial charge in [0.1, 0.15) is 0 Å². The average Bonchev–Trinajstić information content (AvgIpc) is 3.22. The van der Waals surface area contributed by atoms with Crippen molar-refractivity contribution in [3.05, 3.63) is 12.2 Å². The zero-order chi connectivity index (χ0) is 16.2. The van der Waals surface area contributed by atoms with Gasteiger partial charge in [0.15, 0.2) is 5.96 Å². The summed E-state index contributed by atoms with van der Waals surface area (Å²) in [6.07, 6.45) is 5.81. The lowest BCUT2D eigenvalue weighted by Crippen LogP contribution is -2.55. The number of piperazine rings is 1. The molecule has 2 atom stereocenters. The summed E-state index contributed by atoms with van der Waals surface area (Å²) >= 11 is 0. The Morgan fingerprint density at radius 2 is 1.88 bits per heavy atom. The second-order valence-electron chi connectivity index (χ2n) is 7.14. The van der Waals surface area contributed by atoms with E-state index < -0.39 is 0 Å². The zero-order valence-corrected chi connectivity index (χ0v) is 17.6. The summed E-state index contributed by atoms with van der Waals surface area (Å²) in [5.41, 5.74) is 0. The highest BCUT2D eigenvalue weighted by atomic mass is 127. The first-order valence-electron chi connectivity index (χ1n) is 8.91. The summed E-state index contributed by atoms with van der Waals surface area (Å²) in [5.74, 6) is 1.07. The molecule has 0 spiro atoms. The van der Waals surface area contributed by atoms with E-state index in [4.69, 9.17) is 0 Å². The minimum Gasteiger partial charge on any atom is -0.355 e. The van der Waals surface area contributed by atoms with Crippen molar-refractivity contribution in [2.24, 2.45) is 4.99 Å². The van der Waals surface area contributed by atoms with Crippen LogP contribution in [-0.4, -0.2) is 111 Å². The topological polar surface area (TPSA) is 37.4 Å². The number of hydrogen-bond acceptors (Lipinski definition) is 4. The molecule has 24 heavy (non-hydrogen) atoms. The summed E-state index contributed by atoms with van der Waals surface area (Å²) < 4.78 is 0. The highest BCUT2D eigenvalue weighted by Crippen LogP contribution is 2.18. The van der Waals surface area contributed by atoms with Crippen LogP contribution >= 0.6 is 24.0 Å². The molecule has 0 aromatic heterocycles. The third-order valence-corrected chi connectivity index (χ3v) is 5.51. The van der Waals surface area contributed by atoms with Crippen molar-refractivity contribution in [2.45, 2.75) is 18.5 Å². The van der Waals surface area contributed by atoms with E-state index in [-0.39, 0.29) is 24.0 Å². The molecule has 0 radical (unpaired) electrons. The Morgan fingerprint density at radius 3 is 2.58 bits per heavy atom. The molecule has 6 nitrogen and oxygen atoms in total. The molecule has 0 aromatic carbocycles. The predicted molar refractivity (Wildman–Crippen MR) is 111 cm³/mol. The fourth-order valence-corrected chi connectivity index (χ4v) is 3.89. The predicted octanol–water partition coefficient (Wildman–Crippen LogP) is 0.372. The first-order valence-corrected chi connectivity index (χ1v) is 8.91. The molecule has 138 valence electrons. The second-order valence-corrected chi connectivity index (χ2v) is 7.14. The molecule has 2 fully saturated rings. The highest BCUT2D eigenvalue weighted by molar-refractivity contribution is 14.0. The van der Waals surface area contributed by atoms with Crippen LogP contribution in [0.4, 0.5) is 0 Å². The Balaban J connectivity index is 0.00000208. The quantitative estimate of drug-likeness (QED) is 0.293. The van der Waals surface area contributed by atoms with Crippen LogP contribution in [0.25, 0.3) is 0 Å². The molecule has 0 aliphatic carbocycles. The van der Waals surface area contributed by atoms with Crippen LogP contribution in [-0.2, 0) is 0 Å². The van der Waals surface area contributed by atoms with Crippen molar-refractivity contribution < 1.29 is 0 Å². The number of likely N-dealkylation sites (tertiary alicyclic amines) is 1. The first-order chi connectivity index (χ1) is 11.2. The Kier molecular flexibility index (Phi) is 7.77.